The summed E-state index contributed by atoms with van der Waals surface area (Å²) in [5, 5.41) is 0. The van der Waals surface area contributed by atoms with Gasteiger partial charge in [0.05, 0.1) is 24.9 Å². The van der Waals surface area contributed by atoms with Gasteiger partial charge in [-0.1, -0.05) is 26.0 Å². The SMILES string of the molecule is COc1ccc(Cc2nc3c(c(=O)[nH]2)CN(C(=O)CC(C)C)CC3)cc1. The van der Waals surface area contributed by atoms with Crippen molar-refractivity contribution in [1.29, 1.82) is 0 Å². The van der Waals surface area contributed by atoms with Crippen LogP contribution in [0.15, 0.2) is 29.1 Å². The third-order valence-corrected chi connectivity index (χ3v) is 4.58. The van der Waals surface area contributed by atoms with Crippen LogP contribution in [0.4, 0.5) is 0 Å². The van der Waals surface area contributed by atoms with Gasteiger partial charge < -0.3 is 14.6 Å². The minimum absolute atomic E-state index is 0.104. The molecule has 0 atom stereocenters. The zero-order valence-corrected chi connectivity index (χ0v) is 15.5. The van der Waals surface area contributed by atoms with E-state index in [0.29, 0.717) is 49.7 Å². The fourth-order valence-corrected chi connectivity index (χ4v) is 3.19. The minimum Gasteiger partial charge on any atom is -0.497 e. The smallest absolute Gasteiger partial charge is 0.256 e. The number of methoxy groups -OCH3 is 1. The van der Waals surface area contributed by atoms with E-state index in [1.54, 1.807) is 12.0 Å². The van der Waals surface area contributed by atoms with Crippen LogP contribution in [0.3, 0.4) is 0 Å². The van der Waals surface area contributed by atoms with E-state index in [2.05, 4.69) is 9.97 Å². The topological polar surface area (TPSA) is 75.3 Å². The largest absolute Gasteiger partial charge is 0.497 e. The molecule has 0 fully saturated rings. The summed E-state index contributed by atoms with van der Waals surface area (Å²) in [5.41, 5.74) is 2.34. The molecule has 0 spiro atoms. The Morgan fingerprint density at radius 3 is 2.69 bits per heavy atom. The average Bonchev–Trinajstić information content (AvgIpc) is 2.61. The Kier molecular flexibility index (Phi) is 5.40. The lowest BCUT2D eigenvalue weighted by Crippen LogP contribution is -2.40. The van der Waals surface area contributed by atoms with E-state index in [0.717, 1.165) is 17.0 Å². The number of rotatable bonds is 5. The third-order valence-electron chi connectivity index (χ3n) is 4.58. The maximum Gasteiger partial charge on any atom is 0.256 e. The molecule has 2 aromatic rings. The monoisotopic (exact) mass is 355 g/mol. The van der Waals surface area contributed by atoms with Crippen molar-refractivity contribution in [2.24, 2.45) is 5.92 Å². The second kappa shape index (κ2) is 7.72. The highest BCUT2D eigenvalue weighted by molar-refractivity contribution is 5.76. The van der Waals surface area contributed by atoms with Gasteiger partial charge in [0, 0.05) is 25.8 Å². The van der Waals surface area contributed by atoms with Crippen LogP contribution in [0, 0.1) is 5.92 Å². The van der Waals surface area contributed by atoms with Crippen molar-refractivity contribution in [2.45, 2.75) is 39.7 Å². The molecule has 3 rings (SSSR count). The number of hydrogen-bond donors (Lipinski definition) is 1. The maximum absolute atomic E-state index is 12.5. The van der Waals surface area contributed by atoms with Gasteiger partial charge >= 0.3 is 0 Å². The van der Waals surface area contributed by atoms with E-state index in [1.807, 2.05) is 38.1 Å². The van der Waals surface area contributed by atoms with Gasteiger partial charge in [0.15, 0.2) is 0 Å². The van der Waals surface area contributed by atoms with E-state index < -0.39 is 0 Å². The molecular formula is C20H25N3O3. The Hall–Kier alpha value is -2.63. The Bertz CT molecular complexity index is 840. The van der Waals surface area contributed by atoms with Crippen LogP contribution in [0.1, 0.15) is 42.9 Å². The van der Waals surface area contributed by atoms with Crippen LogP contribution in [0.2, 0.25) is 0 Å². The summed E-state index contributed by atoms with van der Waals surface area (Å²) in [5.74, 6) is 1.87. The molecule has 0 aliphatic carbocycles. The quantitative estimate of drug-likeness (QED) is 0.893. The van der Waals surface area contributed by atoms with E-state index >= 15 is 0 Å². The molecule has 6 nitrogen and oxygen atoms in total. The first-order valence-electron chi connectivity index (χ1n) is 8.98. The highest BCUT2D eigenvalue weighted by Crippen LogP contribution is 2.18. The average molecular weight is 355 g/mol. The molecule has 138 valence electrons. The molecule has 0 unspecified atom stereocenters. The van der Waals surface area contributed by atoms with Crippen molar-refractivity contribution in [1.82, 2.24) is 14.9 Å². The fraction of sp³-hybridized carbons (Fsp3) is 0.450. The summed E-state index contributed by atoms with van der Waals surface area (Å²) in [6.45, 7) is 5.02. The number of benzene rings is 1. The van der Waals surface area contributed by atoms with Crippen molar-refractivity contribution in [3.8, 4) is 5.75 Å². The first kappa shape index (κ1) is 18.2. The van der Waals surface area contributed by atoms with E-state index in [4.69, 9.17) is 4.74 Å². The zero-order valence-electron chi connectivity index (χ0n) is 15.5. The second-order valence-electron chi connectivity index (χ2n) is 7.13. The Morgan fingerprint density at radius 2 is 2.04 bits per heavy atom. The summed E-state index contributed by atoms with van der Waals surface area (Å²) < 4.78 is 5.16. The predicted molar refractivity (Wildman–Crippen MR) is 99.2 cm³/mol. The zero-order chi connectivity index (χ0) is 18.7. The highest BCUT2D eigenvalue weighted by Gasteiger charge is 2.24. The molecule has 1 amide bonds. The van der Waals surface area contributed by atoms with Crippen LogP contribution in [-0.2, 0) is 24.2 Å². The number of ether oxygens (including phenoxy) is 1. The maximum atomic E-state index is 12.5. The van der Waals surface area contributed by atoms with Gasteiger partial charge in [-0.25, -0.2) is 4.98 Å². The van der Waals surface area contributed by atoms with Gasteiger partial charge in [0.2, 0.25) is 5.91 Å². The number of nitrogens with zero attached hydrogens (tertiary/aromatic N) is 2. The molecule has 0 radical (unpaired) electrons. The van der Waals surface area contributed by atoms with Crippen LogP contribution >= 0.6 is 0 Å². The van der Waals surface area contributed by atoms with Gasteiger partial charge in [-0.3, -0.25) is 9.59 Å². The van der Waals surface area contributed by atoms with Gasteiger partial charge in [0.25, 0.3) is 5.56 Å². The molecule has 1 aromatic heterocycles. The van der Waals surface area contributed by atoms with Crippen LogP contribution in [0.25, 0.3) is 0 Å². The first-order valence-corrected chi connectivity index (χ1v) is 8.98. The van der Waals surface area contributed by atoms with E-state index in [-0.39, 0.29) is 11.5 Å². The van der Waals surface area contributed by atoms with Gasteiger partial charge in [-0.15, -0.1) is 0 Å². The molecule has 0 bridgehead atoms. The van der Waals surface area contributed by atoms with E-state index in [1.165, 1.54) is 0 Å². The molecule has 1 aliphatic rings. The number of amides is 1. The van der Waals surface area contributed by atoms with Crippen LogP contribution < -0.4 is 10.3 Å². The first-order chi connectivity index (χ1) is 12.5. The lowest BCUT2D eigenvalue weighted by molar-refractivity contribution is -0.132. The van der Waals surface area contributed by atoms with Crippen LogP contribution in [0.5, 0.6) is 5.75 Å². The number of H-pyrrole nitrogens is 1. The summed E-state index contributed by atoms with van der Waals surface area (Å²) >= 11 is 0. The second-order valence-corrected chi connectivity index (χ2v) is 7.13. The summed E-state index contributed by atoms with van der Waals surface area (Å²) in [4.78, 5) is 34.1. The number of carbonyl (C=O) groups is 1. The molecule has 1 aliphatic heterocycles. The molecular weight excluding hydrogens is 330 g/mol. The summed E-state index contributed by atoms with van der Waals surface area (Å²) in [6.07, 6.45) is 1.69. The number of aromatic nitrogens is 2. The highest BCUT2D eigenvalue weighted by atomic mass is 16.5. The predicted octanol–water partition coefficient (Wildman–Crippen LogP) is 2.30. The van der Waals surface area contributed by atoms with Crippen molar-refractivity contribution in [2.75, 3.05) is 13.7 Å². The number of hydrogen-bond acceptors (Lipinski definition) is 4. The molecule has 1 N–H and O–H groups in total. The Balaban J connectivity index is 1.76. The van der Waals surface area contributed by atoms with Crippen molar-refractivity contribution in [3.63, 3.8) is 0 Å². The molecule has 0 saturated heterocycles. The number of nitrogens with one attached hydrogen (secondary N) is 1. The number of fused-ring (bicyclic) bond motifs is 1. The van der Waals surface area contributed by atoms with Gasteiger partial charge in [-0.2, -0.15) is 0 Å². The molecule has 6 heteroatoms. The summed E-state index contributed by atoms with van der Waals surface area (Å²) in [7, 11) is 1.63. The van der Waals surface area contributed by atoms with E-state index in [9.17, 15) is 9.59 Å². The number of aromatic amines is 1. The van der Waals surface area contributed by atoms with Crippen molar-refractivity contribution >= 4 is 5.91 Å². The molecule has 2 heterocycles. The molecule has 0 saturated carbocycles. The molecule has 26 heavy (non-hydrogen) atoms. The third kappa shape index (κ3) is 4.12. The summed E-state index contributed by atoms with van der Waals surface area (Å²) in [6, 6.07) is 7.71. The Morgan fingerprint density at radius 1 is 1.31 bits per heavy atom. The van der Waals surface area contributed by atoms with Crippen LogP contribution in [-0.4, -0.2) is 34.4 Å². The minimum atomic E-state index is -0.138. The van der Waals surface area contributed by atoms with Gasteiger partial charge in [0.1, 0.15) is 11.6 Å². The lowest BCUT2D eigenvalue weighted by Gasteiger charge is -2.28. The van der Waals surface area contributed by atoms with Crippen molar-refractivity contribution < 1.29 is 9.53 Å². The molecule has 1 aromatic carbocycles. The van der Waals surface area contributed by atoms with Gasteiger partial charge in [-0.05, 0) is 23.6 Å². The normalized spacial score (nSPS) is 13.6. The standard InChI is InChI=1S/C20H25N3O3/c1-13(2)10-19(24)23-9-8-17-16(12-23)20(25)22-18(21-17)11-14-4-6-15(26-3)7-5-14/h4-7,13H,8-12H2,1-3H3,(H,21,22,25). The van der Waals surface area contributed by atoms with Crippen molar-refractivity contribution in [3.05, 3.63) is 57.3 Å². The fourth-order valence-electron chi connectivity index (χ4n) is 3.19. The Labute approximate surface area is 153 Å². The number of carbonyl (C=O) groups excluding carboxylic acids is 1. The lowest BCUT2D eigenvalue weighted by atomic mass is 10.0.